The van der Waals surface area contributed by atoms with Crippen LogP contribution in [-0.4, -0.2) is 41.7 Å². The van der Waals surface area contributed by atoms with Crippen molar-refractivity contribution in [3.63, 3.8) is 0 Å². The van der Waals surface area contributed by atoms with Crippen LogP contribution in [0.1, 0.15) is 33.6 Å². The number of halogens is 3. The molecule has 2 aromatic rings. The van der Waals surface area contributed by atoms with Crippen molar-refractivity contribution in [3.05, 3.63) is 51.4 Å². The normalized spacial score (nSPS) is 18.2. The van der Waals surface area contributed by atoms with Gasteiger partial charge in [0.05, 0.1) is 23.8 Å². The number of carbonyl (C=O) groups excluding carboxylic acids is 1. The number of quaternary nitrogens is 1. The zero-order chi connectivity index (χ0) is 29.2. The number of amides is 1. The molecule has 1 aliphatic rings. The molecule has 0 aromatic heterocycles. The Kier molecular flexibility index (Phi) is 9.65. The molecule has 3 rings (SSSR count). The molecule has 0 aliphatic carbocycles. The van der Waals surface area contributed by atoms with Gasteiger partial charge in [0.25, 0.3) is 18.3 Å². The van der Waals surface area contributed by atoms with Gasteiger partial charge >= 0.3 is 0 Å². The van der Waals surface area contributed by atoms with E-state index in [-0.39, 0.29) is 63.2 Å². The smallest absolute Gasteiger partial charge is 0.269 e. The molecule has 14 heteroatoms. The minimum atomic E-state index is -4.52. The zero-order valence-corrected chi connectivity index (χ0v) is 25.6. The van der Waals surface area contributed by atoms with Crippen molar-refractivity contribution in [3.8, 4) is 5.75 Å². The Balaban J connectivity index is 2.10. The maximum Gasteiger partial charge on any atom is 0.269 e. The van der Waals surface area contributed by atoms with Crippen LogP contribution in [0.15, 0.2) is 45.2 Å². The molecule has 0 unspecified atom stereocenters. The molecule has 1 aliphatic heterocycles. The monoisotopic (exact) mass is 616 g/mol. The second-order valence-corrected chi connectivity index (χ2v) is 17.9. The van der Waals surface area contributed by atoms with Crippen LogP contribution in [0.3, 0.4) is 0 Å². The third-order valence-electron chi connectivity index (χ3n) is 6.90. The SMILES string of the molecule is CC(C)(C)[Si](C)(C)Oc1c(N=C=Nc2cccc(F)c2Cl)ccc(Cl)c1S(=O)(=O)NC(=O)C1CC[NH+]([O-])CC1. The summed E-state index contributed by atoms with van der Waals surface area (Å²) >= 11 is 12.3. The van der Waals surface area contributed by atoms with Crippen LogP contribution in [0.25, 0.3) is 0 Å². The highest BCUT2D eigenvalue weighted by molar-refractivity contribution is 7.90. The molecule has 2 N–H and O–H groups in total. The molecule has 39 heavy (non-hydrogen) atoms. The first kappa shape index (κ1) is 31.2. The second-order valence-electron chi connectivity index (χ2n) is 10.8. The molecule has 0 spiro atoms. The Labute approximate surface area is 238 Å². The van der Waals surface area contributed by atoms with Gasteiger partial charge in [-0.2, -0.15) is 9.98 Å². The quantitative estimate of drug-likeness (QED) is 0.250. The summed E-state index contributed by atoms with van der Waals surface area (Å²) in [5.74, 6) is -2.15. The van der Waals surface area contributed by atoms with Crippen molar-refractivity contribution < 1.29 is 27.1 Å². The van der Waals surface area contributed by atoms with E-state index in [1.165, 1.54) is 30.3 Å². The van der Waals surface area contributed by atoms with E-state index in [0.29, 0.717) is 0 Å². The summed E-state index contributed by atoms with van der Waals surface area (Å²) in [6, 6.07) is 9.24. The first-order valence-corrected chi connectivity index (χ1v) is 17.4. The van der Waals surface area contributed by atoms with Gasteiger partial charge in [-0.05, 0) is 42.4 Å². The van der Waals surface area contributed by atoms with E-state index in [2.05, 4.69) is 20.7 Å². The Morgan fingerprint density at radius 3 is 2.38 bits per heavy atom. The molecular formula is C25H31Cl2FN4O5SSi. The summed E-state index contributed by atoms with van der Waals surface area (Å²) in [5, 5.41) is 10.9. The predicted molar refractivity (Wildman–Crippen MR) is 152 cm³/mol. The Morgan fingerprint density at radius 1 is 1.15 bits per heavy atom. The minimum Gasteiger partial charge on any atom is -0.634 e. The molecule has 1 saturated heterocycles. The van der Waals surface area contributed by atoms with Crippen molar-refractivity contribution in [2.75, 3.05) is 13.1 Å². The van der Waals surface area contributed by atoms with Crippen molar-refractivity contribution in [1.82, 2.24) is 4.72 Å². The van der Waals surface area contributed by atoms with Gasteiger partial charge in [-0.3, -0.25) is 4.79 Å². The molecular weight excluding hydrogens is 586 g/mol. The van der Waals surface area contributed by atoms with E-state index in [9.17, 15) is 22.8 Å². The lowest BCUT2D eigenvalue weighted by molar-refractivity contribution is -0.854. The number of piperidine rings is 1. The number of carbonyl (C=O) groups is 1. The predicted octanol–water partition coefficient (Wildman–Crippen LogP) is 5.25. The molecule has 0 bridgehead atoms. The summed E-state index contributed by atoms with van der Waals surface area (Å²) in [6.07, 6.45) is 0.537. The van der Waals surface area contributed by atoms with Crippen LogP contribution >= 0.6 is 23.2 Å². The molecule has 2 aromatic carbocycles. The van der Waals surface area contributed by atoms with Crippen LogP contribution < -0.4 is 14.2 Å². The summed E-state index contributed by atoms with van der Waals surface area (Å²) in [6.45, 7) is 10.2. The fourth-order valence-corrected chi connectivity index (χ4v) is 6.52. The summed E-state index contributed by atoms with van der Waals surface area (Å²) in [4.78, 5) is 20.5. The Hall–Kier alpha value is -2.31. The molecule has 1 fully saturated rings. The zero-order valence-electron chi connectivity index (χ0n) is 22.3. The molecule has 212 valence electrons. The number of nitrogens with one attached hydrogen (secondary N) is 2. The fraction of sp³-hybridized carbons (Fsp3) is 0.440. The first-order chi connectivity index (χ1) is 18.0. The van der Waals surface area contributed by atoms with Crippen LogP contribution in [0.4, 0.5) is 15.8 Å². The third-order valence-corrected chi connectivity index (χ3v) is 13.4. The van der Waals surface area contributed by atoms with Crippen LogP contribution in [-0.2, 0) is 14.8 Å². The maximum absolute atomic E-state index is 13.8. The van der Waals surface area contributed by atoms with Crippen molar-refractivity contribution >= 4 is 64.8 Å². The van der Waals surface area contributed by atoms with Gasteiger partial charge in [0, 0.05) is 18.8 Å². The third kappa shape index (κ3) is 7.46. The highest BCUT2D eigenvalue weighted by Crippen LogP contribution is 2.45. The lowest BCUT2D eigenvalue weighted by atomic mass is 9.97. The van der Waals surface area contributed by atoms with Crippen molar-refractivity contribution in [1.29, 1.82) is 0 Å². The van der Waals surface area contributed by atoms with Crippen LogP contribution in [0.2, 0.25) is 28.2 Å². The molecule has 1 heterocycles. The van der Waals surface area contributed by atoms with E-state index in [0.717, 1.165) is 0 Å². The highest BCUT2D eigenvalue weighted by Gasteiger charge is 2.42. The molecule has 0 radical (unpaired) electrons. The number of sulfonamides is 1. The summed E-state index contributed by atoms with van der Waals surface area (Å²) < 4.78 is 49.4. The van der Waals surface area contributed by atoms with E-state index < -0.39 is 40.9 Å². The van der Waals surface area contributed by atoms with Gasteiger partial charge in [-0.15, -0.1) is 0 Å². The molecule has 1 amide bonds. The van der Waals surface area contributed by atoms with E-state index in [1.54, 1.807) is 0 Å². The van der Waals surface area contributed by atoms with E-state index in [4.69, 9.17) is 27.6 Å². The van der Waals surface area contributed by atoms with Gasteiger partial charge in [0.1, 0.15) is 27.4 Å². The average Bonchev–Trinajstić information content (AvgIpc) is 2.82. The number of aliphatic imine (C=N–C) groups is 2. The number of hydroxylamine groups is 2. The fourth-order valence-electron chi connectivity index (χ4n) is 3.55. The van der Waals surface area contributed by atoms with Crippen LogP contribution in [0, 0.1) is 16.9 Å². The molecule has 0 saturated carbocycles. The van der Waals surface area contributed by atoms with Crippen molar-refractivity contribution in [2.24, 2.45) is 15.9 Å². The number of hydrogen-bond acceptors (Lipinski definition) is 7. The summed E-state index contributed by atoms with van der Waals surface area (Å²) in [5.41, 5.74) is 0.115. The Bertz CT molecular complexity index is 1420. The Morgan fingerprint density at radius 2 is 1.77 bits per heavy atom. The van der Waals surface area contributed by atoms with Crippen molar-refractivity contribution in [2.45, 2.75) is 56.6 Å². The standard InChI is InChI=1S/C25H31Cl2FN4O5SSi/c1-25(2,3)39(4,5)37-22-20(30-15-29-19-8-6-7-18(28)21(19)27)10-9-17(26)23(22)38(35,36)31-24(33)16-11-13-32(34)14-12-16/h6-10,16,32H,11-14H2,1-5H3,(H,31,33). The van der Waals surface area contributed by atoms with Gasteiger partial charge in [0.2, 0.25) is 5.91 Å². The highest BCUT2D eigenvalue weighted by atomic mass is 35.5. The van der Waals surface area contributed by atoms with Gasteiger partial charge < -0.3 is 14.7 Å². The maximum atomic E-state index is 13.8. The second kappa shape index (κ2) is 12.1. The minimum absolute atomic E-state index is 0.0385. The lowest BCUT2D eigenvalue weighted by Crippen LogP contribution is -3.08. The largest absolute Gasteiger partial charge is 0.634 e. The van der Waals surface area contributed by atoms with E-state index in [1.807, 2.05) is 33.9 Å². The molecule has 9 nitrogen and oxygen atoms in total. The number of benzene rings is 2. The van der Waals surface area contributed by atoms with E-state index >= 15 is 0 Å². The number of nitrogens with zero attached hydrogens (tertiary/aromatic N) is 2. The molecule has 0 atom stereocenters. The van der Waals surface area contributed by atoms with Gasteiger partial charge in [-0.25, -0.2) is 17.5 Å². The average molecular weight is 618 g/mol. The first-order valence-electron chi connectivity index (χ1n) is 12.2. The topological polar surface area (TPSA) is 125 Å². The number of hydrogen-bond donors (Lipinski definition) is 2. The van der Waals surface area contributed by atoms with Gasteiger partial charge in [-0.1, -0.05) is 50.0 Å². The summed E-state index contributed by atoms with van der Waals surface area (Å²) in [7, 11) is -7.19. The lowest BCUT2D eigenvalue weighted by Gasteiger charge is -2.37. The van der Waals surface area contributed by atoms with Gasteiger partial charge in [0.15, 0.2) is 5.75 Å². The number of rotatable bonds is 7. The van der Waals surface area contributed by atoms with Crippen LogP contribution in [0.5, 0.6) is 5.75 Å².